The largest absolute Gasteiger partial charge is 0.342 e. The second-order valence-corrected chi connectivity index (χ2v) is 7.10. The maximum Gasteiger partial charge on any atom is 0.223 e. The Morgan fingerprint density at radius 3 is 3.15 bits per heavy atom. The Morgan fingerprint density at radius 2 is 2.30 bits per heavy atom. The van der Waals surface area contributed by atoms with Gasteiger partial charge in [0.25, 0.3) is 0 Å². The van der Waals surface area contributed by atoms with Crippen molar-refractivity contribution in [1.29, 1.82) is 0 Å². The highest BCUT2D eigenvalue weighted by molar-refractivity contribution is 5.77. The van der Waals surface area contributed by atoms with E-state index in [2.05, 4.69) is 26.4 Å². The van der Waals surface area contributed by atoms with Crippen molar-refractivity contribution in [2.75, 3.05) is 13.1 Å². The summed E-state index contributed by atoms with van der Waals surface area (Å²) in [6.45, 7) is 4.53. The lowest BCUT2D eigenvalue weighted by Gasteiger charge is -2.32. The molecular weight excluding hydrogens is 345 g/mol. The summed E-state index contributed by atoms with van der Waals surface area (Å²) in [5, 5.41) is 0. The number of fused-ring (bicyclic) bond motifs is 1. The Balaban J connectivity index is 1.38. The number of benzene rings is 1. The number of nitrogens with one attached hydrogen (secondary N) is 1. The maximum absolute atomic E-state index is 13.3. The minimum atomic E-state index is -0.293. The number of hydrogen-bond acceptors (Lipinski definition) is 3. The van der Waals surface area contributed by atoms with Crippen LogP contribution in [0.4, 0.5) is 4.39 Å². The number of piperidine rings is 1. The highest BCUT2D eigenvalue weighted by atomic mass is 19.1. The number of carbonyl (C=O) groups excluding carboxylic acids is 1. The number of carbonyl (C=O) groups is 1. The zero-order valence-corrected chi connectivity index (χ0v) is 15.5. The molecule has 2 aromatic heterocycles. The second-order valence-electron chi connectivity index (χ2n) is 7.10. The molecule has 0 radical (unpaired) electrons. The van der Waals surface area contributed by atoms with E-state index in [1.54, 1.807) is 6.07 Å². The van der Waals surface area contributed by atoms with Gasteiger partial charge in [0.1, 0.15) is 17.5 Å². The Morgan fingerprint density at radius 1 is 1.41 bits per heavy atom. The first-order valence-corrected chi connectivity index (χ1v) is 9.57. The third-order valence-corrected chi connectivity index (χ3v) is 5.30. The molecule has 0 saturated carbocycles. The molecule has 27 heavy (non-hydrogen) atoms. The molecular formula is C20H24FN5O. The smallest absolute Gasteiger partial charge is 0.223 e. The van der Waals surface area contributed by atoms with Crippen LogP contribution in [0.25, 0.3) is 11.0 Å². The average Bonchev–Trinajstić information content (AvgIpc) is 3.32. The summed E-state index contributed by atoms with van der Waals surface area (Å²) in [6, 6.07) is 4.47. The molecule has 1 aliphatic rings. The van der Waals surface area contributed by atoms with Crippen LogP contribution in [0.5, 0.6) is 0 Å². The van der Waals surface area contributed by atoms with Crippen molar-refractivity contribution in [3.05, 3.63) is 48.1 Å². The lowest BCUT2D eigenvalue weighted by Crippen LogP contribution is -2.39. The van der Waals surface area contributed by atoms with Gasteiger partial charge in [0, 0.05) is 50.8 Å². The van der Waals surface area contributed by atoms with Gasteiger partial charge in [-0.3, -0.25) is 4.79 Å². The predicted molar refractivity (Wildman–Crippen MR) is 101 cm³/mol. The van der Waals surface area contributed by atoms with Gasteiger partial charge in [-0.25, -0.2) is 14.4 Å². The molecule has 0 bridgehead atoms. The lowest BCUT2D eigenvalue weighted by atomic mass is 9.96. The molecule has 1 aromatic carbocycles. The van der Waals surface area contributed by atoms with Crippen LogP contribution in [0.15, 0.2) is 30.6 Å². The number of rotatable bonds is 5. The summed E-state index contributed by atoms with van der Waals surface area (Å²) in [5.41, 5.74) is 1.39. The van der Waals surface area contributed by atoms with E-state index in [4.69, 9.17) is 0 Å². The summed E-state index contributed by atoms with van der Waals surface area (Å²) in [4.78, 5) is 26.7. The number of hydrogen-bond donors (Lipinski definition) is 1. The van der Waals surface area contributed by atoms with Crippen LogP contribution in [0.3, 0.4) is 0 Å². The SMILES string of the molecule is CCn1ccnc1C1CCCN(C(=O)CCc2nc3ccc(F)cc3[nH]2)C1. The molecule has 4 rings (SSSR count). The van der Waals surface area contributed by atoms with E-state index in [-0.39, 0.29) is 11.7 Å². The van der Waals surface area contributed by atoms with Crippen LogP contribution in [0.2, 0.25) is 0 Å². The summed E-state index contributed by atoms with van der Waals surface area (Å²) >= 11 is 0. The first-order chi connectivity index (χ1) is 13.1. The Labute approximate surface area is 157 Å². The molecule has 1 N–H and O–H groups in total. The van der Waals surface area contributed by atoms with Crippen LogP contribution in [-0.4, -0.2) is 43.4 Å². The van der Waals surface area contributed by atoms with Crippen LogP contribution < -0.4 is 0 Å². The third-order valence-electron chi connectivity index (χ3n) is 5.30. The normalized spacial score (nSPS) is 17.6. The molecule has 0 aliphatic carbocycles. The molecule has 0 spiro atoms. The molecule has 1 fully saturated rings. The number of aromatic amines is 1. The topological polar surface area (TPSA) is 66.8 Å². The summed E-state index contributed by atoms with van der Waals surface area (Å²) in [6.07, 6.45) is 6.83. The standard InChI is InChI=1S/C20H24FN5O/c1-2-25-11-9-22-20(25)14-4-3-10-26(13-14)19(27)8-7-18-23-16-6-5-15(21)12-17(16)24-18/h5-6,9,11-12,14H,2-4,7-8,10,13H2,1H3,(H,23,24). The van der Waals surface area contributed by atoms with E-state index >= 15 is 0 Å². The molecule has 1 amide bonds. The number of halogens is 1. The number of likely N-dealkylation sites (tertiary alicyclic amines) is 1. The molecule has 1 saturated heterocycles. The van der Waals surface area contributed by atoms with Crippen molar-refractivity contribution in [2.24, 2.45) is 0 Å². The van der Waals surface area contributed by atoms with Crippen LogP contribution in [0, 0.1) is 5.82 Å². The van der Waals surface area contributed by atoms with E-state index in [1.165, 1.54) is 12.1 Å². The van der Waals surface area contributed by atoms with Gasteiger partial charge in [-0.2, -0.15) is 0 Å². The van der Waals surface area contributed by atoms with Crippen LogP contribution >= 0.6 is 0 Å². The molecule has 3 aromatic rings. The monoisotopic (exact) mass is 369 g/mol. The van der Waals surface area contributed by atoms with Crippen molar-refractivity contribution in [2.45, 2.75) is 45.1 Å². The molecule has 142 valence electrons. The van der Waals surface area contributed by atoms with Gasteiger partial charge < -0.3 is 14.5 Å². The Hall–Kier alpha value is -2.70. The molecule has 7 heteroatoms. The van der Waals surface area contributed by atoms with E-state index in [0.717, 1.165) is 49.6 Å². The number of aromatic nitrogens is 4. The zero-order chi connectivity index (χ0) is 18.8. The number of nitrogens with zero attached hydrogens (tertiary/aromatic N) is 4. The van der Waals surface area contributed by atoms with Gasteiger partial charge in [0.05, 0.1) is 11.0 Å². The Bertz CT molecular complexity index is 947. The van der Waals surface area contributed by atoms with E-state index in [0.29, 0.717) is 24.3 Å². The first kappa shape index (κ1) is 17.7. The third kappa shape index (κ3) is 3.72. The number of imidazole rings is 2. The average molecular weight is 369 g/mol. The van der Waals surface area contributed by atoms with Gasteiger partial charge >= 0.3 is 0 Å². The number of aryl methyl sites for hydroxylation is 2. The van der Waals surface area contributed by atoms with Crippen molar-refractivity contribution in [3.8, 4) is 0 Å². The van der Waals surface area contributed by atoms with Gasteiger partial charge in [-0.1, -0.05) is 0 Å². The number of amides is 1. The van der Waals surface area contributed by atoms with Gasteiger partial charge in [0.2, 0.25) is 5.91 Å². The zero-order valence-electron chi connectivity index (χ0n) is 15.5. The summed E-state index contributed by atoms with van der Waals surface area (Å²) < 4.78 is 15.5. The van der Waals surface area contributed by atoms with E-state index in [1.807, 2.05) is 17.3 Å². The quantitative estimate of drug-likeness (QED) is 0.751. The number of H-pyrrole nitrogens is 1. The predicted octanol–water partition coefficient (Wildman–Crippen LogP) is 3.26. The molecule has 6 nitrogen and oxygen atoms in total. The fourth-order valence-corrected chi connectivity index (χ4v) is 3.90. The maximum atomic E-state index is 13.3. The highest BCUT2D eigenvalue weighted by Crippen LogP contribution is 2.26. The van der Waals surface area contributed by atoms with Crippen molar-refractivity contribution in [3.63, 3.8) is 0 Å². The fourth-order valence-electron chi connectivity index (χ4n) is 3.90. The molecule has 1 unspecified atom stereocenters. The molecule has 1 atom stereocenters. The minimum absolute atomic E-state index is 0.140. The van der Waals surface area contributed by atoms with E-state index in [9.17, 15) is 9.18 Å². The highest BCUT2D eigenvalue weighted by Gasteiger charge is 2.27. The van der Waals surface area contributed by atoms with Crippen LogP contribution in [0.1, 0.15) is 43.8 Å². The first-order valence-electron chi connectivity index (χ1n) is 9.57. The van der Waals surface area contributed by atoms with Crippen molar-refractivity contribution in [1.82, 2.24) is 24.4 Å². The van der Waals surface area contributed by atoms with Gasteiger partial charge in [0.15, 0.2) is 0 Å². The van der Waals surface area contributed by atoms with Crippen LogP contribution in [-0.2, 0) is 17.8 Å². The molecule has 3 heterocycles. The van der Waals surface area contributed by atoms with Crippen molar-refractivity contribution < 1.29 is 9.18 Å². The summed E-state index contributed by atoms with van der Waals surface area (Å²) in [7, 11) is 0. The van der Waals surface area contributed by atoms with Crippen molar-refractivity contribution >= 4 is 16.9 Å². The minimum Gasteiger partial charge on any atom is -0.342 e. The Kier molecular flexibility index (Phi) is 4.92. The summed E-state index contributed by atoms with van der Waals surface area (Å²) in [5.74, 6) is 1.94. The molecule has 1 aliphatic heterocycles. The second kappa shape index (κ2) is 7.50. The van der Waals surface area contributed by atoms with E-state index < -0.39 is 0 Å². The van der Waals surface area contributed by atoms with Gasteiger partial charge in [-0.15, -0.1) is 0 Å². The lowest BCUT2D eigenvalue weighted by molar-refractivity contribution is -0.132. The van der Waals surface area contributed by atoms with Gasteiger partial charge in [-0.05, 0) is 38.0 Å². The fraction of sp³-hybridized carbons (Fsp3) is 0.450.